The number of nitrogens with zero attached hydrogens (tertiary/aromatic N) is 4. The molecule has 2 heterocycles. The number of benzene rings is 1. The maximum Gasteiger partial charge on any atom is 0.332 e. The summed E-state index contributed by atoms with van der Waals surface area (Å²) in [7, 11) is 2.95. The minimum absolute atomic E-state index is 0.0761. The van der Waals surface area contributed by atoms with Gasteiger partial charge in [-0.05, 0) is 46.3 Å². The van der Waals surface area contributed by atoms with Gasteiger partial charge in [-0.25, -0.2) is 9.78 Å². The van der Waals surface area contributed by atoms with E-state index in [9.17, 15) is 14.4 Å². The van der Waals surface area contributed by atoms with E-state index in [0.29, 0.717) is 16.3 Å². The largest absolute Gasteiger partial charge is 0.348 e. The maximum absolute atomic E-state index is 12.7. The van der Waals surface area contributed by atoms with Crippen molar-refractivity contribution in [3.05, 3.63) is 61.0 Å². The van der Waals surface area contributed by atoms with Gasteiger partial charge in [0.05, 0.1) is 6.04 Å². The smallest absolute Gasteiger partial charge is 0.332 e. The molecule has 9 heteroatoms. The lowest BCUT2D eigenvalue weighted by molar-refractivity contribution is -0.122. The second-order valence-electron chi connectivity index (χ2n) is 7.97. The standard InChI is InChI=1S/C21H26BrN5O3/c1-12(2)10-14-6-8-15(9-7-14)13(3)23-16(28)11-27-18-17(24-20(27)22)19(29)26(5)21(30)25(18)4/h6-9,12-13H,10-11H2,1-5H3,(H,23,28). The number of hydrogen-bond acceptors (Lipinski definition) is 4. The minimum Gasteiger partial charge on any atom is -0.348 e. The van der Waals surface area contributed by atoms with Gasteiger partial charge >= 0.3 is 5.69 Å². The van der Waals surface area contributed by atoms with Crippen molar-refractivity contribution in [1.29, 1.82) is 0 Å². The predicted octanol–water partition coefficient (Wildman–Crippen LogP) is 2.27. The van der Waals surface area contributed by atoms with E-state index in [1.165, 1.54) is 21.7 Å². The van der Waals surface area contributed by atoms with E-state index in [0.717, 1.165) is 16.6 Å². The molecule has 1 amide bonds. The van der Waals surface area contributed by atoms with Crippen LogP contribution in [-0.2, 0) is 31.9 Å². The summed E-state index contributed by atoms with van der Waals surface area (Å²) in [6, 6.07) is 8.04. The molecule has 2 aromatic heterocycles. The van der Waals surface area contributed by atoms with Crippen LogP contribution in [0.15, 0.2) is 38.6 Å². The number of nitrogens with one attached hydrogen (secondary N) is 1. The van der Waals surface area contributed by atoms with Gasteiger partial charge in [-0.1, -0.05) is 38.1 Å². The molecule has 3 rings (SSSR count). The van der Waals surface area contributed by atoms with Crippen molar-refractivity contribution < 1.29 is 4.79 Å². The zero-order valence-electron chi connectivity index (χ0n) is 17.8. The monoisotopic (exact) mass is 475 g/mol. The molecule has 1 aromatic carbocycles. The summed E-state index contributed by atoms with van der Waals surface area (Å²) in [4.78, 5) is 41.5. The van der Waals surface area contributed by atoms with Crippen LogP contribution in [0.3, 0.4) is 0 Å². The first kappa shape index (κ1) is 22.0. The number of aromatic nitrogens is 4. The Balaban J connectivity index is 1.81. The second-order valence-corrected chi connectivity index (χ2v) is 8.68. The Morgan fingerprint density at radius 2 is 1.73 bits per heavy atom. The third kappa shape index (κ3) is 4.26. The highest BCUT2D eigenvalue weighted by molar-refractivity contribution is 9.10. The van der Waals surface area contributed by atoms with Gasteiger partial charge in [0.1, 0.15) is 6.54 Å². The Hall–Kier alpha value is -2.68. The number of carbonyl (C=O) groups excluding carboxylic acids is 1. The van der Waals surface area contributed by atoms with Gasteiger partial charge in [-0.2, -0.15) is 0 Å². The van der Waals surface area contributed by atoms with Gasteiger partial charge in [0.15, 0.2) is 15.9 Å². The molecule has 30 heavy (non-hydrogen) atoms. The molecule has 160 valence electrons. The first-order valence-electron chi connectivity index (χ1n) is 9.80. The fraction of sp³-hybridized carbons (Fsp3) is 0.429. The summed E-state index contributed by atoms with van der Waals surface area (Å²) in [5.74, 6) is 0.339. The zero-order valence-corrected chi connectivity index (χ0v) is 19.4. The third-order valence-electron chi connectivity index (χ3n) is 5.10. The van der Waals surface area contributed by atoms with E-state index in [-0.39, 0.29) is 24.0 Å². The molecular weight excluding hydrogens is 450 g/mol. The first-order chi connectivity index (χ1) is 14.1. The fourth-order valence-electron chi connectivity index (χ4n) is 3.53. The molecule has 0 aliphatic rings. The highest BCUT2D eigenvalue weighted by Crippen LogP contribution is 2.18. The van der Waals surface area contributed by atoms with Crippen molar-refractivity contribution in [1.82, 2.24) is 24.0 Å². The molecule has 0 fully saturated rings. The fourth-order valence-corrected chi connectivity index (χ4v) is 4.00. The van der Waals surface area contributed by atoms with Crippen molar-refractivity contribution in [3.63, 3.8) is 0 Å². The lowest BCUT2D eigenvalue weighted by atomic mass is 10.00. The summed E-state index contributed by atoms with van der Waals surface area (Å²) in [6.45, 7) is 6.20. The minimum atomic E-state index is -0.497. The van der Waals surface area contributed by atoms with Crippen LogP contribution in [0.4, 0.5) is 0 Å². The van der Waals surface area contributed by atoms with E-state index < -0.39 is 11.2 Å². The highest BCUT2D eigenvalue weighted by atomic mass is 79.9. The molecule has 0 saturated carbocycles. The molecule has 1 unspecified atom stereocenters. The van der Waals surface area contributed by atoms with Crippen LogP contribution >= 0.6 is 15.9 Å². The number of aryl methyl sites for hydroxylation is 1. The summed E-state index contributed by atoms with van der Waals surface area (Å²) in [6.07, 6.45) is 1.01. The first-order valence-corrected chi connectivity index (χ1v) is 10.6. The molecule has 0 saturated heterocycles. The third-order valence-corrected chi connectivity index (χ3v) is 5.70. The van der Waals surface area contributed by atoms with Crippen LogP contribution < -0.4 is 16.6 Å². The zero-order chi connectivity index (χ0) is 22.2. The van der Waals surface area contributed by atoms with Crippen LogP contribution in [0.25, 0.3) is 11.2 Å². The number of fused-ring (bicyclic) bond motifs is 1. The van der Waals surface area contributed by atoms with E-state index in [2.05, 4.69) is 52.2 Å². The summed E-state index contributed by atoms with van der Waals surface area (Å²) >= 11 is 3.30. The molecule has 8 nitrogen and oxygen atoms in total. The van der Waals surface area contributed by atoms with Gasteiger partial charge in [0, 0.05) is 14.1 Å². The van der Waals surface area contributed by atoms with E-state index in [1.807, 2.05) is 19.1 Å². The lowest BCUT2D eigenvalue weighted by Gasteiger charge is -2.16. The molecule has 0 spiro atoms. The molecular formula is C21H26BrN5O3. The van der Waals surface area contributed by atoms with Gasteiger partial charge in [-0.15, -0.1) is 0 Å². The number of halogens is 1. The van der Waals surface area contributed by atoms with Crippen LogP contribution in [0.2, 0.25) is 0 Å². The van der Waals surface area contributed by atoms with Gasteiger partial charge < -0.3 is 5.32 Å². The average Bonchev–Trinajstić information content (AvgIpc) is 3.01. The number of hydrogen-bond donors (Lipinski definition) is 1. The molecule has 3 aromatic rings. The van der Waals surface area contributed by atoms with Crippen molar-refractivity contribution in [2.75, 3.05) is 0 Å². The normalized spacial score (nSPS) is 12.5. The lowest BCUT2D eigenvalue weighted by Crippen LogP contribution is -2.38. The highest BCUT2D eigenvalue weighted by Gasteiger charge is 2.20. The Kier molecular flexibility index (Phi) is 6.30. The number of amides is 1. The quantitative estimate of drug-likeness (QED) is 0.553. The van der Waals surface area contributed by atoms with Crippen LogP contribution in [-0.4, -0.2) is 24.6 Å². The molecule has 0 aliphatic carbocycles. The number of imidazole rings is 1. The summed E-state index contributed by atoms with van der Waals surface area (Å²) < 4.78 is 4.15. The van der Waals surface area contributed by atoms with E-state index >= 15 is 0 Å². The Morgan fingerprint density at radius 3 is 2.33 bits per heavy atom. The van der Waals surface area contributed by atoms with Crippen molar-refractivity contribution in [3.8, 4) is 0 Å². The average molecular weight is 476 g/mol. The molecule has 0 bridgehead atoms. The molecule has 1 N–H and O–H groups in total. The number of carbonyl (C=O) groups is 1. The Labute approximate surface area is 182 Å². The predicted molar refractivity (Wildman–Crippen MR) is 119 cm³/mol. The van der Waals surface area contributed by atoms with Crippen molar-refractivity contribution in [2.45, 2.75) is 39.8 Å². The van der Waals surface area contributed by atoms with Crippen molar-refractivity contribution >= 4 is 33.0 Å². The maximum atomic E-state index is 12.7. The van der Waals surface area contributed by atoms with Crippen LogP contribution in [0, 0.1) is 5.92 Å². The van der Waals surface area contributed by atoms with Gasteiger partial charge in [-0.3, -0.25) is 23.3 Å². The number of rotatable bonds is 6. The van der Waals surface area contributed by atoms with E-state index in [4.69, 9.17) is 0 Å². The summed E-state index contributed by atoms with van der Waals surface area (Å²) in [5, 5.41) is 2.97. The molecule has 1 atom stereocenters. The van der Waals surface area contributed by atoms with Crippen molar-refractivity contribution in [2.24, 2.45) is 20.0 Å². The SMILES string of the molecule is CC(C)Cc1ccc(C(C)NC(=O)Cn2c(Br)nc3c(=O)n(C)c(=O)n(C)c32)cc1. The van der Waals surface area contributed by atoms with Crippen LogP contribution in [0.1, 0.15) is 37.9 Å². The molecule has 0 aliphatic heterocycles. The van der Waals surface area contributed by atoms with E-state index in [1.54, 1.807) is 7.05 Å². The summed E-state index contributed by atoms with van der Waals surface area (Å²) in [5.41, 5.74) is 1.73. The topological polar surface area (TPSA) is 90.9 Å². The van der Waals surface area contributed by atoms with Crippen LogP contribution in [0.5, 0.6) is 0 Å². The molecule has 0 radical (unpaired) electrons. The second kappa shape index (κ2) is 8.59. The Morgan fingerprint density at radius 1 is 1.10 bits per heavy atom. The van der Waals surface area contributed by atoms with Gasteiger partial charge in [0.25, 0.3) is 5.56 Å². The Bertz CT molecular complexity index is 1200. The van der Waals surface area contributed by atoms with Gasteiger partial charge in [0.2, 0.25) is 5.91 Å².